The van der Waals surface area contributed by atoms with Gasteiger partial charge in [0.2, 0.25) is 0 Å². The summed E-state index contributed by atoms with van der Waals surface area (Å²) < 4.78 is 0. The Morgan fingerprint density at radius 3 is 2.62 bits per heavy atom. The molecule has 16 heavy (non-hydrogen) atoms. The van der Waals surface area contributed by atoms with Crippen LogP contribution in [0, 0.1) is 5.92 Å². The summed E-state index contributed by atoms with van der Waals surface area (Å²) in [6.45, 7) is 0.344. The lowest BCUT2D eigenvalue weighted by Gasteiger charge is -2.30. The summed E-state index contributed by atoms with van der Waals surface area (Å²) >= 11 is 2.00. The average Bonchev–Trinajstić information content (AvgIpc) is 2.33. The molecule has 1 fully saturated rings. The highest BCUT2D eigenvalue weighted by Gasteiger charge is 2.25. The molecule has 0 spiro atoms. The summed E-state index contributed by atoms with van der Waals surface area (Å²) in [5, 5.41) is 9.80. The Labute approximate surface area is 102 Å². The molecule has 1 aliphatic rings. The summed E-state index contributed by atoms with van der Waals surface area (Å²) in [6, 6.07) is 10.7. The minimum atomic E-state index is 0.344. The first-order chi connectivity index (χ1) is 7.90. The van der Waals surface area contributed by atoms with E-state index in [1.807, 2.05) is 11.8 Å². The number of hydrogen-bond acceptors (Lipinski definition) is 2. The van der Waals surface area contributed by atoms with Gasteiger partial charge in [-0.3, -0.25) is 0 Å². The molecule has 1 N–H and O–H groups in total. The van der Waals surface area contributed by atoms with Gasteiger partial charge in [-0.2, -0.15) is 0 Å². The van der Waals surface area contributed by atoms with Crippen molar-refractivity contribution in [1.82, 2.24) is 0 Å². The van der Waals surface area contributed by atoms with Crippen LogP contribution >= 0.6 is 11.8 Å². The number of benzene rings is 1. The molecule has 1 nitrogen and oxygen atoms in total. The quantitative estimate of drug-likeness (QED) is 0.859. The summed E-state index contributed by atoms with van der Waals surface area (Å²) in [7, 11) is 0. The third kappa shape index (κ3) is 3.26. The van der Waals surface area contributed by atoms with Crippen molar-refractivity contribution in [1.29, 1.82) is 0 Å². The summed E-state index contributed by atoms with van der Waals surface area (Å²) in [4.78, 5) is 1.37. The second-order valence-corrected chi connectivity index (χ2v) is 5.84. The van der Waals surface area contributed by atoms with Gasteiger partial charge >= 0.3 is 0 Å². The molecule has 1 aromatic rings. The van der Waals surface area contributed by atoms with Crippen LogP contribution in [-0.4, -0.2) is 17.0 Å². The van der Waals surface area contributed by atoms with E-state index in [4.69, 9.17) is 5.11 Å². The Balaban J connectivity index is 1.96. The van der Waals surface area contributed by atoms with Gasteiger partial charge in [-0.1, -0.05) is 31.0 Å². The number of thioether (sulfide) groups is 1. The fraction of sp³-hybridized carbons (Fsp3) is 0.571. The largest absolute Gasteiger partial charge is 0.396 e. The third-order valence-corrected chi connectivity index (χ3v) is 4.84. The Kier molecular flexibility index (Phi) is 4.73. The predicted octanol–water partition coefficient (Wildman–Crippen LogP) is 3.72. The Bertz CT molecular complexity index is 297. The fourth-order valence-corrected chi connectivity index (χ4v) is 3.91. The van der Waals surface area contributed by atoms with Crippen molar-refractivity contribution in [3.05, 3.63) is 30.3 Å². The second-order valence-electron chi connectivity index (χ2n) is 4.53. The standard InChI is InChI=1S/C14H20OS/c15-11-10-12-6-4-5-9-14(12)16-13-7-2-1-3-8-13/h1-3,7-8,12,14-15H,4-6,9-11H2/t12-,14-/m1/s1. The van der Waals surface area contributed by atoms with E-state index >= 15 is 0 Å². The monoisotopic (exact) mass is 236 g/mol. The van der Waals surface area contributed by atoms with Gasteiger partial charge in [0, 0.05) is 16.8 Å². The van der Waals surface area contributed by atoms with E-state index in [1.165, 1.54) is 30.6 Å². The average molecular weight is 236 g/mol. The lowest BCUT2D eigenvalue weighted by molar-refractivity contribution is 0.234. The van der Waals surface area contributed by atoms with E-state index in [-0.39, 0.29) is 0 Å². The Morgan fingerprint density at radius 2 is 1.88 bits per heavy atom. The minimum Gasteiger partial charge on any atom is -0.396 e. The van der Waals surface area contributed by atoms with E-state index in [0.29, 0.717) is 17.8 Å². The predicted molar refractivity (Wildman–Crippen MR) is 69.7 cm³/mol. The SMILES string of the molecule is OCC[C@H]1CCCC[C@H]1Sc1ccccc1. The molecule has 0 radical (unpaired) electrons. The zero-order valence-electron chi connectivity index (χ0n) is 9.64. The maximum atomic E-state index is 9.09. The van der Waals surface area contributed by atoms with Gasteiger partial charge in [-0.25, -0.2) is 0 Å². The third-order valence-electron chi connectivity index (χ3n) is 3.37. The molecule has 0 aliphatic heterocycles. The smallest absolute Gasteiger partial charge is 0.0434 e. The molecule has 0 bridgehead atoms. The number of aliphatic hydroxyl groups excluding tert-OH is 1. The lowest BCUT2D eigenvalue weighted by Crippen LogP contribution is -2.22. The maximum Gasteiger partial charge on any atom is 0.0434 e. The van der Waals surface area contributed by atoms with E-state index in [9.17, 15) is 0 Å². The van der Waals surface area contributed by atoms with Crippen molar-refractivity contribution in [2.24, 2.45) is 5.92 Å². The zero-order valence-corrected chi connectivity index (χ0v) is 10.5. The molecule has 0 aromatic heterocycles. The van der Waals surface area contributed by atoms with Crippen LogP contribution in [0.3, 0.4) is 0 Å². The molecule has 1 saturated carbocycles. The van der Waals surface area contributed by atoms with Crippen molar-refractivity contribution in [2.45, 2.75) is 42.2 Å². The highest BCUT2D eigenvalue weighted by atomic mass is 32.2. The molecule has 2 heteroatoms. The zero-order chi connectivity index (χ0) is 11.2. The van der Waals surface area contributed by atoms with Crippen LogP contribution in [-0.2, 0) is 0 Å². The molecule has 0 amide bonds. The Morgan fingerprint density at radius 1 is 1.12 bits per heavy atom. The first-order valence-corrected chi connectivity index (χ1v) is 7.10. The van der Waals surface area contributed by atoms with Crippen molar-refractivity contribution in [2.75, 3.05) is 6.61 Å². The minimum absolute atomic E-state index is 0.344. The van der Waals surface area contributed by atoms with E-state index in [0.717, 1.165) is 6.42 Å². The van der Waals surface area contributed by atoms with Crippen molar-refractivity contribution < 1.29 is 5.11 Å². The van der Waals surface area contributed by atoms with Crippen LogP contribution in [0.25, 0.3) is 0 Å². The van der Waals surface area contributed by atoms with Gasteiger partial charge in [0.05, 0.1) is 0 Å². The van der Waals surface area contributed by atoms with Crippen LogP contribution in [0.2, 0.25) is 0 Å². The Hall–Kier alpha value is -0.470. The number of aliphatic hydroxyl groups is 1. The number of rotatable bonds is 4. The van der Waals surface area contributed by atoms with Gasteiger partial charge in [-0.05, 0) is 37.3 Å². The molecule has 1 aliphatic carbocycles. The van der Waals surface area contributed by atoms with Crippen molar-refractivity contribution >= 4 is 11.8 Å². The lowest BCUT2D eigenvalue weighted by atomic mass is 9.87. The van der Waals surface area contributed by atoms with Crippen LogP contribution in [0.4, 0.5) is 0 Å². The normalized spacial score (nSPS) is 25.6. The molecular formula is C14H20OS. The highest BCUT2D eigenvalue weighted by Crippen LogP contribution is 2.38. The van der Waals surface area contributed by atoms with Crippen LogP contribution in [0.5, 0.6) is 0 Å². The second kappa shape index (κ2) is 6.31. The molecule has 0 saturated heterocycles. The van der Waals surface area contributed by atoms with Gasteiger partial charge < -0.3 is 5.11 Å². The summed E-state index contributed by atoms with van der Waals surface area (Å²) in [6.07, 6.45) is 6.28. The molecule has 1 aromatic carbocycles. The van der Waals surface area contributed by atoms with Gasteiger partial charge in [0.15, 0.2) is 0 Å². The molecule has 2 atom stereocenters. The summed E-state index contributed by atoms with van der Waals surface area (Å²) in [5.74, 6) is 0.712. The summed E-state index contributed by atoms with van der Waals surface area (Å²) in [5.41, 5.74) is 0. The van der Waals surface area contributed by atoms with E-state index in [1.54, 1.807) is 0 Å². The first kappa shape index (κ1) is 12.0. The van der Waals surface area contributed by atoms with Crippen molar-refractivity contribution in [3.8, 4) is 0 Å². The molecule has 0 unspecified atom stereocenters. The van der Waals surface area contributed by atoms with E-state index < -0.39 is 0 Å². The topological polar surface area (TPSA) is 20.2 Å². The van der Waals surface area contributed by atoms with Gasteiger partial charge in [0.1, 0.15) is 0 Å². The van der Waals surface area contributed by atoms with Gasteiger partial charge in [-0.15, -0.1) is 11.8 Å². The van der Waals surface area contributed by atoms with Crippen LogP contribution < -0.4 is 0 Å². The molecule has 0 heterocycles. The van der Waals surface area contributed by atoms with Crippen LogP contribution in [0.1, 0.15) is 32.1 Å². The first-order valence-electron chi connectivity index (χ1n) is 6.22. The fourth-order valence-electron chi connectivity index (χ4n) is 2.50. The van der Waals surface area contributed by atoms with Crippen LogP contribution in [0.15, 0.2) is 35.2 Å². The van der Waals surface area contributed by atoms with Gasteiger partial charge in [0.25, 0.3) is 0 Å². The maximum absolute atomic E-state index is 9.09. The number of hydrogen-bond donors (Lipinski definition) is 1. The van der Waals surface area contributed by atoms with Crippen molar-refractivity contribution in [3.63, 3.8) is 0 Å². The molecule has 2 rings (SSSR count). The molecule has 88 valence electrons. The highest BCUT2D eigenvalue weighted by molar-refractivity contribution is 8.00. The molecular weight excluding hydrogens is 216 g/mol. The van der Waals surface area contributed by atoms with E-state index in [2.05, 4.69) is 30.3 Å².